The number of ether oxygens (including phenoxy) is 2. The largest absolute Gasteiger partial charge is 1.00 e. The van der Waals surface area contributed by atoms with Gasteiger partial charge in [-0.05, 0) is 48.9 Å². The van der Waals surface area contributed by atoms with Crippen molar-refractivity contribution in [2.24, 2.45) is 0 Å². The molecule has 0 heterocycles. The van der Waals surface area contributed by atoms with Crippen LogP contribution in [0.15, 0.2) is 48.5 Å². The van der Waals surface area contributed by atoms with E-state index in [2.05, 4.69) is 0 Å². The smallest absolute Gasteiger partial charge is 0.870 e. The normalized spacial score (nSPS) is 14.6. The van der Waals surface area contributed by atoms with Gasteiger partial charge >= 0.3 is 35.5 Å². The van der Waals surface area contributed by atoms with Crippen molar-refractivity contribution in [2.45, 2.75) is 44.1 Å². The van der Waals surface area contributed by atoms with Crippen molar-refractivity contribution in [3.8, 4) is 11.5 Å². The SMILES string of the molecule is COc1ccc(C(CC(=O)O)c2ccccc2)cc1OC1CCCC1.[Na+].[OH-]. The van der Waals surface area contributed by atoms with Gasteiger partial charge in [-0.25, -0.2) is 0 Å². The molecule has 0 bridgehead atoms. The molecular weight excluding hydrogens is 355 g/mol. The summed E-state index contributed by atoms with van der Waals surface area (Å²) in [5, 5.41) is 9.35. The molecule has 1 atom stereocenters. The first-order chi connectivity index (χ1) is 12.2. The topological polar surface area (TPSA) is 85.8 Å². The van der Waals surface area contributed by atoms with Gasteiger partial charge in [-0.15, -0.1) is 0 Å². The molecule has 140 valence electrons. The van der Waals surface area contributed by atoms with E-state index in [4.69, 9.17) is 9.47 Å². The number of benzene rings is 2. The molecule has 5 nitrogen and oxygen atoms in total. The predicted molar refractivity (Wildman–Crippen MR) is 98.4 cm³/mol. The van der Waals surface area contributed by atoms with Crippen molar-refractivity contribution in [3.63, 3.8) is 0 Å². The summed E-state index contributed by atoms with van der Waals surface area (Å²) in [6.45, 7) is 0. The van der Waals surface area contributed by atoms with Crippen molar-refractivity contribution in [3.05, 3.63) is 59.7 Å². The number of methoxy groups -OCH3 is 1. The Hall–Kier alpha value is -1.53. The number of hydrogen-bond acceptors (Lipinski definition) is 4. The molecule has 1 aliphatic rings. The van der Waals surface area contributed by atoms with Gasteiger partial charge in [-0.3, -0.25) is 4.79 Å². The molecule has 2 N–H and O–H groups in total. The van der Waals surface area contributed by atoms with Gasteiger partial charge in [-0.2, -0.15) is 0 Å². The van der Waals surface area contributed by atoms with Crippen LogP contribution in [0.25, 0.3) is 0 Å². The van der Waals surface area contributed by atoms with Crippen LogP contribution in [-0.2, 0) is 4.79 Å². The standard InChI is InChI=1S/C21H24O4.Na.H2O/c1-24-19-12-11-16(13-20(19)25-17-9-5-6-10-17)18(14-21(22)23)15-7-3-2-4-8-15;;/h2-4,7-8,11-13,17-18H,5-6,9-10,14H2,1H3,(H,22,23);;1H2/q;+1;/p-1. The Kier molecular flexibility index (Phi) is 9.88. The molecule has 2 aromatic rings. The van der Waals surface area contributed by atoms with E-state index in [9.17, 15) is 9.90 Å². The molecule has 1 aliphatic carbocycles. The van der Waals surface area contributed by atoms with Crippen molar-refractivity contribution in [1.29, 1.82) is 0 Å². The van der Waals surface area contributed by atoms with E-state index >= 15 is 0 Å². The van der Waals surface area contributed by atoms with Crippen molar-refractivity contribution < 1.29 is 54.4 Å². The Bertz CT molecular complexity index is 714. The number of aliphatic carboxylic acids is 1. The summed E-state index contributed by atoms with van der Waals surface area (Å²) in [6.07, 6.45) is 4.77. The molecule has 1 saturated carbocycles. The zero-order chi connectivity index (χ0) is 17.6. The summed E-state index contributed by atoms with van der Waals surface area (Å²) in [4.78, 5) is 11.4. The van der Waals surface area contributed by atoms with Crippen molar-refractivity contribution in [1.82, 2.24) is 0 Å². The van der Waals surface area contributed by atoms with E-state index in [1.807, 2.05) is 48.5 Å². The number of carbonyl (C=O) groups is 1. The second-order valence-electron chi connectivity index (χ2n) is 6.50. The predicted octanol–water partition coefficient (Wildman–Crippen LogP) is 1.45. The summed E-state index contributed by atoms with van der Waals surface area (Å²) < 4.78 is 11.6. The zero-order valence-corrected chi connectivity index (χ0v) is 17.9. The van der Waals surface area contributed by atoms with Gasteiger partial charge in [-0.1, -0.05) is 36.4 Å². The van der Waals surface area contributed by atoms with Crippen LogP contribution in [-0.4, -0.2) is 29.8 Å². The first-order valence-corrected chi connectivity index (χ1v) is 8.78. The average molecular weight is 380 g/mol. The fourth-order valence-corrected chi connectivity index (χ4v) is 3.48. The minimum absolute atomic E-state index is 0. The maximum Gasteiger partial charge on any atom is 1.00 e. The van der Waals surface area contributed by atoms with Gasteiger partial charge in [0.25, 0.3) is 0 Å². The third kappa shape index (κ3) is 6.25. The number of carboxylic acids is 1. The van der Waals surface area contributed by atoms with E-state index in [0.717, 1.165) is 24.0 Å². The molecule has 0 aromatic heterocycles. The summed E-state index contributed by atoms with van der Waals surface area (Å²) in [7, 11) is 1.63. The van der Waals surface area contributed by atoms with Crippen LogP contribution >= 0.6 is 0 Å². The van der Waals surface area contributed by atoms with Crippen molar-refractivity contribution in [2.75, 3.05) is 7.11 Å². The molecule has 0 amide bonds. The van der Waals surface area contributed by atoms with Crippen LogP contribution in [0.2, 0.25) is 0 Å². The third-order valence-electron chi connectivity index (χ3n) is 4.77. The van der Waals surface area contributed by atoms with Gasteiger partial charge < -0.3 is 20.1 Å². The van der Waals surface area contributed by atoms with E-state index in [1.165, 1.54) is 12.8 Å². The molecule has 6 heteroatoms. The van der Waals surface area contributed by atoms with E-state index in [1.54, 1.807) is 7.11 Å². The van der Waals surface area contributed by atoms with Crippen LogP contribution in [0.5, 0.6) is 11.5 Å². The van der Waals surface area contributed by atoms with Crippen molar-refractivity contribution >= 4 is 5.97 Å². The van der Waals surface area contributed by atoms with E-state index < -0.39 is 5.97 Å². The summed E-state index contributed by atoms with van der Waals surface area (Å²) in [5.74, 6) is 0.370. The van der Waals surface area contributed by atoms with E-state index in [0.29, 0.717) is 11.5 Å². The Labute approximate surface area is 182 Å². The number of carboxylic acid groups (broad SMARTS) is 1. The molecule has 2 aromatic carbocycles. The van der Waals surface area contributed by atoms with Gasteiger partial charge in [0.2, 0.25) is 0 Å². The monoisotopic (exact) mass is 380 g/mol. The summed E-state index contributed by atoms with van der Waals surface area (Å²) >= 11 is 0. The molecule has 0 aliphatic heterocycles. The van der Waals surface area contributed by atoms with Gasteiger partial charge in [0.15, 0.2) is 11.5 Å². The Morgan fingerprint density at radius 1 is 1.07 bits per heavy atom. The Morgan fingerprint density at radius 3 is 2.33 bits per heavy atom. The summed E-state index contributed by atoms with van der Waals surface area (Å²) in [6, 6.07) is 15.5. The molecule has 1 unspecified atom stereocenters. The zero-order valence-electron chi connectivity index (χ0n) is 15.9. The van der Waals surface area contributed by atoms with Crippen LogP contribution in [0.3, 0.4) is 0 Å². The average Bonchev–Trinajstić information content (AvgIpc) is 3.13. The van der Waals surface area contributed by atoms with Crippen LogP contribution in [0.1, 0.15) is 49.1 Å². The maximum absolute atomic E-state index is 11.4. The molecule has 3 rings (SSSR count). The minimum atomic E-state index is -0.817. The quantitative estimate of drug-likeness (QED) is 0.735. The van der Waals surface area contributed by atoms with Gasteiger partial charge in [0.1, 0.15) is 0 Å². The Balaban J connectivity index is 0.00000182. The molecule has 0 saturated heterocycles. The molecule has 0 spiro atoms. The maximum atomic E-state index is 11.4. The minimum Gasteiger partial charge on any atom is -0.870 e. The molecule has 1 fully saturated rings. The Morgan fingerprint density at radius 2 is 1.74 bits per heavy atom. The first kappa shape index (κ1) is 23.5. The third-order valence-corrected chi connectivity index (χ3v) is 4.77. The van der Waals surface area contributed by atoms with Crippen LogP contribution in [0.4, 0.5) is 0 Å². The van der Waals surface area contributed by atoms with Crippen LogP contribution in [0, 0.1) is 0 Å². The number of rotatable bonds is 7. The van der Waals surface area contributed by atoms with Gasteiger partial charge in [0.05, 0.1) is 19.6 Å². The molecular formula is C21H25NaO5. The van der Waals surface area contributed by atoms with Crippen LogP contribution < -0.4 is 39.0 Å². The van der Waals surface area contributed by atoms with Gasteiger partial charge in [0, 0.05) is 5.92 Å². The fourth-order valence-electron chi connectivity index (χ4n) is 3.48. The number of hydrogen-bond donors (Lipinski definition) is 1. The second kappa shape index (κ2) is 11.3. The molecule has 0 radical (unpaired) electrons. The second-order valence-corrected chi connectivity index (χ2v) is 6.50. The molecule has 27 heavy (non-hydrogen) atoms. The fraction of sp³-hybridized carbons (Fsp3) is 0.381. The van der Waals surface area contributed by atoms with E-state index in [-0.39, 0.29) is 53.5 Å². The summed E-state index contributed by atoms with van der Waals surface area (Å²) in [5.41, 5.74) is 1.92. The first-order valence-electron chi connectivity index (χ1n) is 8.78.